The average molecular weight is 248 g/mol. The maximum Gasteiger partial charge on any atom is 0.573 e. The van der Waals surface area contributed by atoms with Crippen molar-refractivity contribution < 1.29 is 23.0 Å². The molecular weight excluding hydrogens is 233 g/mol. The van der Waals surface area contributed by atoms with Crippen LogP contribution < -0.4 is 4.74 Å². The molecule has 1 aromatic carbocycles. The minimum atomic E-state index is -4.72. The van der Waals surface area contributed by atoms with E-state index in [1.807, 2.05) is 0 Å². The summed E-state index contributed by atoms with van der Waals surface area (Å²) in [6, 6.07) is 5.40. The van der Waals surface area contributed by atoms with Gasteiger partial charge in [0.2, 0.25) is 0 Å². The van der Waals surface area contributed by atoms with Gasteiger partial charge in [-0.25, -0.2) is 0 Å². The zero-order chi connectivity index (χ0) is 13.3. The molecule has 0 radical (unpaired) electrons. The average Bonchev–Trinajstić information content (AvgIpc) is 2.15. The minimum Gasteiger partial charge on any atom is -0.406 e. The van der Waals surface area contributed by atoms with Crippen LogP contribution in [0, 0.1) is 5.92 Å². The van der Waals surface area contributed by atoms with E-state index in [2.05, 4.69) is 4.74 Å². The molecule has 0 saturated heterocycles. The topological polar surface area (TPSA) is 29.5 Å². The first-order chi connectivity index (χ1) is 7.63. The third-order valence-corrected chi connectivity index (χ3v) is 2.78. The standard InChI is InChI=1S/C12H15F3O2/c1-8(2)11(3,16)9-5-4-6-10(7-9)17-12(13,14)15/h4-8,16H,1-3H3. The van der Waals surface area contributed by atoms with Crippen molar-refractivity contribution in [2.75, 3.05) is 0 Å². The van der Waals surface area contributed by atoms with Crippen molar-refractivity contribution in [2.24, 2.45) is 5.92 Å². The smallest absolute Gasteiger partial charge is 0.406 e. The molecule has 0 aliphatic carbocycles. The molecule has 2 nitrogen and oxygen atoms in total. The minimum absolute atomic E-state index is 0.122. The second kappa shape index (κ2) is 4.56. The number of benzene rings is 1. The fourth-order valence-corrected chi connectivity index (χ4v) is 1.34. The summed E-state index contributed by atoms with van der Waals surface area (Å²) in [6.45, 7) is 5.14. The lowest BCUT2D eigenvalue weighted by Gasteiger charge is -2.28. The molecule has 1 unspecified atom stereocenters. The van der Waals surface area contributed by atoms with E-state index in [0.29, 0.717) is 5.56 Å². The predicted octanol–water partition coefficient (Wildman–Crippen LogP) is 3.45. The lowest BCUT2D eigenvalue weighted by Crippen LogP contribution is -2.28. The summed E-state index contributed by atoms with van der Waals surface area (Å²) < 4.78 is 39.9. The highest BCUT2D eigenvalue weighted by molar-refractivity contribution is 5.32. The number of hydrogen-bond donors (Lipinski definition) is 1. The van der Waals surface area contributed by atoms with Crippen LogP contribution in [0.1, 0.15) is 26.3 Å². The van der Waals surface area contributed by atoms with E-state index in [-0.39, 0.29) is 11.7 Å². The van der Waals surface area contributed by atoms with Crippen molar-refractivity contribution in [3.63, 3.8) is 0 Å². The molecule has 0 bridgehead atoms. The maximum absolute atomic E-state index is 12.0. The lowest BCUT2D eigenvalue weighted by molar-refractivity contribution is -0.274. The highest BCUT2D eigenvalue weighted by Gasteiger charge is 2.32. The molecule has 1 atom stereocenters. The third kappa shape index (κ3) is 3.63. The van der Waals surface area contributed by atoms with Crippen LogP contribution in [0.3, 0.4) is 0 Å². The first-order valence-electron chi connectivity index (χ1n) is 5.21. The van der Waals surface area contributed by atoms with E-state index in [1.165, 1.54) is 18.2 Å². The van der Waals surface area contributed by atoms with Crippen molar-refractivity contribution in [1.29, 1.82) is 0 Å². The number of halogens is 3. The Labute approximate surface area is 98.0 Å². The Morgan fingerprint density at radius 1 is 1.24 bits per heavy atom. The van der Waals surface area contributed by atoms with E-state index >= 15 is 0 Å². The molecule has 0 amide bonds. The van der Waals surface area contributed by atoms with Crippen LogP contribution in [-0.4, -0.2) is 11.5 Å². The van der Waals surface area contributed by atoms with E-state index in [1.54, 1.807) is 26.8 Å². The van der Waals surface area contributed by atoms with Gasteiger partial charge in [-0.2, -0.15) is 0 Å². The van der Waals surface area contributed by atoms with Crippen LogP contribution >= 0.6 is 0 Å². The molecule has 1 N–H and O–H groups in total. The van der Waals surface area contributed by atoms with Gasteiger partial charge in [-0.05, 0) is 30.5 Å². The molecular formula is C12H15F3O2. The molecule has 17 heavy (non-hydrogen) atoms. The normalized spacial score (nSPS) is 15.8. The number of rotatable bonds is 3. The summed E-state index contributed by atoms with van der Waals surface area (Å²) in [5.41, 5.74) is -0.792. The molecule has 0 aromatic heterocycles. The summed E-state index contributed by atoms with van der Waals surface area (Å²) >= 11 is 0. The quantitative estimate of drug-likeness (QED) is 0.887. The van der Waals surface area contributed by atoms with Gasteiger partial charge >= 0.3 is 6.36 Å². The van der Waals surface area contributed by atoms with Gasteiger partial charge in [0.1, 0.15) is 5.75 Å². The van der Waals surface area contributed by atoms with Gasteiger partial charge in [-0.1, -0.05) is 26.0 Å². The monoisotopic (exact) mass is 248 g/mol. The zero-order valence-corrected chi connectivity index (χ0v) is 9.88. The van der Waals surface area contributed by atoms with E-state index in [0.717, 1.165) is 0 Å². The molecule has 96 valence electrons. The van der Waals surface area contributed by atoms with Crippen molar-refractivity contribution in [1.82, 2.24) is 0 Å². The van der Waals surface area contributed by atoms with Gasteiger partial charge in [0.25, 0.3) is 0 Å². The molecule has 0 fully saturated rings. The van der Waals surface area contributed by atoms with Crippen LogP contribution in [-0.2, 0) is 5.60 Å². The lowest BCUT2D eigenvalue weighted by atomic mass is 9.85. The first-order valence-corrected chi connectivity index (χ1v) is 5.21. The van der Waals surface area contributed by atoms with E-state index in [4.69, 9.17) is 0 Å². The molecule has 0 saturated carbocycles. The molecule has 0 spiro atoms. The summed E-state index contributed by atoms with van der Waals surface area (Å²) in [7, 11) is 0. The third-order valence-electron chi connectivity index (χ3n) is 2.78. The van der Waals surface area contributed by atoms with Crippen molar-refractivity contribution in [3.8, 4) is 5.75 Å². The summed E-state index contributed by atoms with van der Waals surface area (Å²) in [5, 5.41) is 10.1. The van der Waals surface area contributed by atoms with Crippen LogP contribution in [0.25, 0.3) is 0 Å². The molecule has 0 aliphatic heterocycles. The van der Waals surface area contributed by atoms with Crippen LogP contribution in [0.4, 0.5) is 13.2 Å². The second-order valence-electron chi connectivity index (χ2n) is 4.38. The Balaban J connectivity index is 3.02. The highest BCUT2D eigenvalue weighted by Crippen LogP contribution is 2.32. The van der Waals surface area contributed by atoms with Crippen molar-refractivity contribution in [2.45, 2.75) is 32.7 Å². The molecule has 0 aliphatic rings. The molecule has 1 rings (SSSR count). The maximum atomic E-state index is 12.0. The van der Waals surface area contributed by atoms with Gasteiger partial charge in [-0.15, -0.1) is 13.2 Å². The first kappa shape index (κ1) is 13.8. The van der Waals surface area contributed by atoms with Gasteiger partial charge in [0.15, 0.2) is 0 Å². The molecule has 5 heteroatoms. The van der Waals surface area contributed by atoms with E-state index < -0.39 is 12.0 Å². The fraction of sp³-hybridized carbons (Fsp3) is 0.500. The van der Waals surface area contributed by atoms with Crippen molar-refractivity contribution >= 4 is 0 Å². The molecule has 1 aromatic rings. The van der Waals surface area contributed by atoms with E-state index in [9.17, 15) is 18.3 Å². The number of hydrogen-bond acceptors (Lipinski definition) is 2. The van der Waals surface area contributed by atoms with Gasteiger partial charge in [0.05, 0.1) is 5.60 Å². The zero-order valence-electron chi connectivity index (χ0n) is 9.88. The Bertz CT molecular complexity index is 384. The number of alkyl halides is 3. The SMILES string of the molecule is CC(C)C(C)(O)c1cccc(OC(F)(F)F)c1. The van der Waals surface area contributed by atoms with Gasteiger partial charge < -0.3 is 9.84 Å². The van der Waals surface area contributed by atoms with Gasteiger partial charge in [0, 0.05) is 0 Å². The Morgan fingerprint density at radius 3 is 2.29 bits per heavy atom. The van der Waals surface area contributed by atoms with Gasteiger partial charge in [-0.3, -0.25) is 0 Å². The number of aliphatic hydroxyl groups is 1. The Hall–Kier alpha value is -1.23. The largest absolute Gasteiger partial charge is 0.573 e. The highest BCUT2D eigenvalue weighted by atomic mass is 19.4. The second-order valence-corrected chi connectivity index (χ2v) is 4.38. The van der Waals surface area contributed by atoms with Crippen molar-refractivity contribution in [3.05, 3.63) is 29.8 Å². The summed E-state index contributed by atoms with van der Waals surface area (Å²) in [5.74, 6) is -0.445. The molecule has 0 heterocycles. The summed E-state index contributed by atoms with van der Waals surface area (Å²) in [4.78, 5) is 0. The Kier molecular flexibility index (Phi) is 3.71. The van der Waals surface area contributed by atoms with Crippen LogP contribution in [0.5, 0.6) is 5.75 Å². The Morgan fingerprint density at radius 2 is 1.82 bits per heavy atom. The fourth-order valence-electron chi connectivity index (χ4n) is 1.34. The van der Waals surface area contributed by atoms with Crippen LogP contribution in [0.15, 0.2) is 24.3 Å². The van der Waals surface area contributed by atoms with Crippen LogP contribution in [0.2, 0.25) is 0 Å². The summed E-state index contributed by atoms with van der Waals surface area (Å²) in [6.07, 6.45) is -4.72. The predicted molar refractivity (Wildman–Crippen MR) is 57.5 cm³/mol. The number of ether oxygens (including phenoxy) is 1.